The lowest BCUT2D eigenvalue weighted by atomic mass is 9.88. The lowest BCUT2D eigenvalue weighted by molar-refractivity contribution is 0.285. The number of hydrogen-bond donors (Lipinski definition) is 1. The second-order valence-electron chi connectivity index (χ2n) is 7.58. The fourth-order valence-corrected chi connectivity index (χ4v) is 5.26. The monoisotopic (exact) mass is 276 g/mol. The summed E-state index contributed by atoms with van der Waals surface area (Å²) in [6, 6.07) is 0.771. The molecule has 1 heterocycles. The van der Waals surface area contributed by atoms with Crippen molar-refractivity contribution in [2.45, 2.75) is 76.8 Å². The summed E-state index contributed by atoms with van der Waals surface area (Å²) in [5.41, 5.74) is 2.10. The van der Waals surface area contributed by atoms with E-state index in [1.165, 1.54) is 62.1 Å². The molecule has 0 bridgehead atoms. The normalized spacial score (nSPS) is 32.7. The van der Waals surface area contributed by atoms with Crippen molar-refractivity contribution in [3.63, 3.8) is 0 Å². The van der Waals surface area contributed by atoms with Crippen molar-refractivity contribution in [1.82, 2.24) is 10.3 Å². The summed E-state index contributed by atoms with van der Waals surface area (Å²) in [5, 5.41) is 5.39. The van der Waals surface area contributed by atoms with E-state index >= 15 is 0 Å². The molecule has 0 aromatic carbocycles. The number of thiazole rings is 1. The summed E-state index contributed by atoms with van der Waals surface area (Å²) >= 11 is 2.01. The third-order valence-electron chi connectivity index (χ3n) is 5.07. The number of aromatic nitrogens is 1. The Morgan fingerprint density at radius 2 is 2.05 bits per heavy atom. The number of nitrogens with one attached hydrogen (secondary N) is 1. The Bertz CT molecular complexity index is 479. The Morgan fingerprint density at radius 1 is 1.21 bits per heavy atom. The lowest BCUT2D eigenvalue weighted by Crippen LogP contribution is -2.42. The summed E-state index contributed by atoms with van der Waals surface area (Å²) < 4.78 is 0. The molecule has 2 saturated carbocycles. The summed E-state index contributed by atoms with van der Waals surface area (Å²) in [6.07, 6.45) is 10.4. The van der Waals surface area contributed by atoms with Gasteiger partial charge in [-0.2, -0.15) is 0 Å². The zero-order valence-corrected chi connectivity index (χ0v) is 12.9. The average Bonchev–Trinajstić information content (AvgIpc) is 2.76. The van der Waals surface area contributed by atoms with Crippen LogP contribution in [0.4, 0.5) is 0 Å². The van der Waals surface area contributed by atoms with E-state index in [0.717, 1.165) is 6.04 Å². The van der Waals surface area contributed by atoms with Gasteiger partial charge in [0, 0.05) is 10.9 Å². The fourth-order valence-electron chi connectivity index (χ4n) is 3.93. The SMILES string of the molecule is CC1(C)CCC(NC2CC2)(c2nc3c(s2)CCC3)C1. The maximum Gasteiger partial charge on any atom is 0.113 e. The van der Waals surface area contributed by atoms with Crippen LogP contribution in [0, 0.1) is 5.41 Å². The molecule has 4 rings (SSSR count). The Morgan fingerprint density at radius 3 is 2.68 bits per heavy atom. The summed E-state index contributed by atoms with van der Waals surface area (Å²) in [7, 11) is 0. The first-order chi connectivity index (χ1) is 9.06. The number of hydrogen-bond acceptors (Lipinski definition) is 3. The van der Waals surface area contributed by atoms with E-state index in [1.807, 2.05) is 11.3 Å². The van der Waals surface area contributed by atoms with E-state index in [4.69, 9.17) is 4.98 Å². The maximum atomic E-state index is 5.05. The minimum Gasteiger partial charge on any atom is -0.303 e. The predicted octanol–water partition coefficient (Wildman–Crippen LogP) is 3.79. The average molecular weight is 276 g/mol. The second-order valence-corrected chi connectivity index (χ2v) is 8.67. The molecule has 1 aromatic heterocycles. The van der Waals surface area contributed by atoms with Crippen molar-refractivity contribution >= 4 is 11.3 Å². The molecule has 0 spiro atoms. The molecule has 2 fully saturated rings. The fraction of sp³-hybridized carbons (Fsp3) is 0.812. The van der Waals surface area contributed by atoms with Gasteiger partial charge in [-0.1, -0.05) is 13.8 Å². The molecule has 3 aliphatic carbocycles. The van der Waals surface area contributed by atoms with E-state index in [9.17, 15) is 0 Å². The van der Waals surface area contributed by atoms with Crippen LogP contribution >= 0.6 is 11.3 Å². The molecule has 104 valence electrons. The number of aryl methyl sites for hydroxylation is 2. The van der Waals surface area contributed by atoms with E-state index in [0.29, 0.717) is 5.41 Å². The molecule has 3 heteroatoms. The van der Waals surface area contributed by atoms with Gasteiger partial charge in [-0.25, -0.2) is 4.98 Å². The van der Waals surface area contributed by atoms with Crippen LogP contribution < -0.4 is 5.32 Å². The Hall–Kier alpha value is -0.410. The largest absolute Gasteiger partial charge is 0.303 e. The molecular formula is C16H24N2S. The summed E-state index contributed by atoms with van der Waals surface area (Å²) in [4.78, 5) is 6.63. The quantitative estimate of drug-likeness (QED) is 0.908. The van der Waals surface area contributed by atoms with Crippen molar-refractivity contribution in [2.24, 2.45) is 5.41 Å². The van der Waals surface area contributed by atoms with Crippen LogP contribution in [-0.4, -0.2) is 11.0 Å². The standard InChI is InChI=1S/C16H24N2S/c1-15(2)8-9-16(10-15,18-11-6-7-11)14-17-12-4-3-5-13(12)19-14/h11,18H,3-10H2,1-2H3. The van der Waals surface area contributed by atoms with E-state index in [1.54, 1.807) is 4.88 Å². The van der Waals surface area contributed by atoms with Gasteiger partial charge in [0.2, 0.25) is 0 Å². The van der Waals surface area contributed by atoms with Crippen LogP contribution in [0.5, 0.6) is 0 Å². The highest BCUT2D eigenvalue weighted by Crippen LogP contribution is 2.51. The third kappa shape index (κ3) is 2.15. The van der Waals surface area contributed by atoms with Gasteiger partial charge in [0.05, 0.1) is 11.2 Å². The lowest BCUT2D eigenvalue weighted by Gasteiger charge is -2.30. The smallest absolute Gasteiger partial charge is 0.113 e. The first-order valence-electron chi connectivity index (χ1n) is 7.83. The Balaban J connectivity index is 1.69. The zero-order chi connectivity index (χ0) is 13.1. The minimum atomic E-state index is 0.208. The molecule has 0 amide bonds. The summed E-state index contributed by atoms with van der Waals surface area (Å²) in [6.45, 7) is 4.84. The van der Waals surface area contributed by atoms with E-state index < -0.39 is 0 Å². The van der Waals surface area contributed by atoms with Crippen LogP contribution in [-0.2, 0) is 18.4 Å². The van der Waals surface area contributed by atoms with Gasteiger partial charge in [-0.05, 0) is 56.8 Å². The highest BCUT2D eigenvalue weighted by molar-refractivity contribution is 7.12. The van der Waals surface area contributed by atoms with Gasteiger partial charge in [0.1, 0.15) is 5.01 Å². The van der Waals surface area contributed by atoms with Gasteiger partial charge in [-0.3, -0.25) is 0 Å². The van der Waals surface area contributed by atoms with Crippen LogP contribution in [0.3, 0.4) is 0 Å². The van der Waals surface area contributed by atoms with Crippen LogP contribution in [0.1, 0.15) is 68.0 Å². The molecule has 0 radical (unpaired) electrons. The number of nitrogens with zero attached hydrogens (tertiary/aromatic N) is 1. The van der Waals surface area contributed by atoms with Gasteiger partial charge in [-0.15, -0.1) is 11.3 Å². The molecule has 1 atom stereocenters. The molecule has 2 nitrogen and oxygen atoms in total. The van der Waals surface area contributed by atoms with Crippen molar-refractivity contribution in [3.8, 4) is 0 Å². The first-order valence-corrected chi connectivity index (χ1v) is 8.65. The van der Waals surface area contributed by atoms with E-state index in [-0.39, 0.29) is 5.54 Å². The molecular weight excluding hydrogens is 252 g/mol. The number of rotatable bonds is 3. The molecule has 0 aliphatic heterocycles. The highest BCUT2D eigenvalue weighted by atomic mass is 32.1. The van der Waals surface area contributed by atoms with Gasteiger partial charge in [0.15, 0.2) is 0 Å². The molecule has 1 aromatic rings. The maximum absolute atomic E-state index is 5.05. The molecule has 1 unspecified atom stereocenters. The van der Waals surface area contributed by atoms with Gasteiger partial charge >= 0.3 is 0 Å². The first kappa shape index (κ1) is 12.3. The van der Waals surface area contributed by atoms with E-state index in [2.05, 4.69) is 19.2 Å². The molecule has 0 saturated heterocycles. The van der Waals surface area contributed by atoms with Crippen LogP contribution in [0.2, 0.25) is 0 Å². The minimum absolute atomic E-state index is 0.208. The molecule has 1 N–H and O–H groups in total. The number of fused-ring (bicyclic) bond motifs is 1. The Kier molecular flexibility index (Phi) is 2.63. The predicted molar refractivity (Wildman–Crippen MR) is 79.6 cm³/mol. The summed E-state index contributed by atoms with van der Waals surface area (Å²) in [5.74, 6) is 0. The Labute approximate surface area is 120 Å². The second kappa shape index (κ2) is 4.05. The highest BCUT2D eigenvalue weighted by Gasteiger charge is 2.48. The zero-order valence-electron chi connectivity index (χ0n) is 12.1. The van der Waals surface area contributed by atoms with Crippen molar-refractivity contribution < 1.29 is 0 Å². The van der Waals surface area contributed by atoms with Crippen molar-refractivity contribution in [2.75, 3.05) is 0 Å². The third-order valence-corrected chi connectivity index (χ3v) is 6.43. The van der Waals surface area contributed by atoms with Crippen molar-refractivity contribution in [3.05, 3.63) is 15.6 Å². The van der Waals surface area contributed by atoms with Crippen LogP contribution in [0.25, 0.3) is 0 Å². The van der Waals surface area contributed by atoms with Gasteiger partial charge < -0.3 is 5.32 Å². The molecule has 19 heavy (non-hydrogen) atoms. The molecule has 3 aliphatic rings. The van der Waals surface area contributed by atoms with Crippen molar-refractivity contribution in [1.29, 1.82) is 0 Å². The van der Waals surface area contributed by atoms with Crippen LogP contribution in [0.15, 0.2) is 0 Å². The van der Waals surface area contributed by atoms with Gasteiger partial charge in [0.25, 0.3) is 0 Å². The topological polar surface area (TPSA) is 24.9 Å².